The molecule has 0 saturated carbocycles. The van der Waals surface area contributed by atoms with Gasteiger partial charge in [0.25, 0.3) is 0 Å². The number of rotatable bonds is 5. The van der Waals surface area contributed by atoms with E-state index in [2.05, 4.69) is 26.1 Å². The van der Waals surface area contributed by atoms with E-state index >= 15 is 0 Å². The van der Waals surface area contributed by atoms with Gasteiger partial charge in [-0.05, 0) is 31.1 Å². The highest BCUT2D eigenvalue weighted by Crippen LogP contribution is 2.38. The first-order valence-corrected chi connectivity index (χ1v) is 7.87. The maximum Gasteiger partial charge on any atom is 0.249 e. The smallest absolute Gasteiger partial charge is 0.249 e. The highest BCUT2D eigenvalue weighted by atomic mass is 16.5. The molecule has 0 aromatic heterocycles. The number of carbonyl (C=O) groups is 2. The Hall–Kier alpha value is -1.10. The molecule has 0 aromatic carbocycles. The van der Waals surface area contributed by atoms with Gasteiger partial charge in [-0.2, -0.15) is 0 Å². The van der Waals surface area contributed by atoms with Crippen molar-refractivity contribution in [1.29, 1.82) is 0 Å². The van der Waals surface area contributed by atoms with Crippen molar-refractivity contribution in [2.75, 3.05) is 0 Å². The predicted molar refractivity (Wildman–Crippen MR) is 82.5 cm³/mol. The summed E-state index contributed by atoms with van der Waals surface area (Å²) in [6.45, 7) is 11.7. The molecule has 6 atom stereocenters. The standard InChI is InChI=1S/C16H30N2O3/c1-7-9(2)11(4)14-13(18-12(5)19)10(3)8-16(6,21-14)15(17)20/h9-11,13-14H,7-8H2,1-6H3,(H2,17,20)(H,18,19)/t9-,10?,11?,13?,14?,16?/m1/s1. The molecular weight excluding hydrogens is 268 g/mol. The first-order chi connectivity index (χ1) is 9.62. The van der Waals surface area contributed by atoms with Gasteiger partial charge in [0, 0.05) is 6.92 Å². The zero-order valence-electron chi connectivity index (χ0n) is 14.1. The highest BCUT2D eigenvalue weighted by molar-refractivity contribution is 5.83. The van der Waals surface area contributed by atoms with E-state index in [0.717, 1.165) is 6.42 Å². The van der Waals surface area contributed by atoms with E-state index in [-0.39, 0.29) is 29.9 Å². The molecule has 1 aliphatic heterocycles. The van der Waals surface area contributed by atoms with Gasteiger partial charge in [0.05, 0.1) is 12.1 Å². The third-order valence-electron chi connectivity index (χ3n) is 5.03. The van der Waals surface area contributed by atoms with Crippen LogP contribution in [0.4, 0.5) is 0 Å². The molecule has 1 heterocycles. The second-order valence-corrected chi connectivity index (χ2v) is 6.83. The van der Waals surface area contributed by atoms with Gasteiger partial charge in [-0.25, -0.2) is 0 Å². The number of primary amides is 1. The quantitative estimate of drug-likeness (QED) is 0.812. The fourth-order valence-corrected chi connectivity index (χ4v) is 3.23. The number of hydrogen-bond donors (Lipinski definition) is 2. The Morgan fingerprint density at radius 1 is 1.43 bits per heavy atom. The van der Waals surface area contributed by atoms with Crippen LogP contribution in [0.5, 0.6) is 0 Å². The van der Waals surface area contributed by atoms with Crippen molar-refractivity contribution >= 4 is 11.8 Å². The normalized spacial score (nSPS) is 35.8. The Labute approximate surface area is 128 Å². The number of amides is 2. The lowest BCUT2D eigenvalue weighted by Crippen LogP contribution is -2.62. The first-order valence-electron chi connectivity index (χ1n) is 7.87. The van der Waals surface area contributed by atoms with Crippen molar-refractivity contribution in [3.63, 3.8) is 0 Å². The molecule has 0 bridgehead atoms. The van der Waals surface area contributed by atoms with E-state index < -0.39 is 11.5 Å². The van der Waals surface area contributed by atoms with E-state index in [0.29, 0.717) is 12.3 Å². The molecule has 122 valence electrons. The fourth-order valence-electron chi connectivity index (χ4n) is 3.23. The summed E-state index contributed by atoms with van der Waals surface area (Å²) in [4.78, 5) is 23.3. The Balaban J connectivity index is 3.07. The molecule has 5 nitrogen and oxygen atoms in total. The molecule has 3 N–H and O–H groups in total. The summed E-state index contributed by atoms with van der Waals surface area (Å²) in [6.07, 6.45) is 1.34. The van der Waals surface area contributed by atoms with Crippen molar-refractivity contribution < 1.29 is 14.3 Å². The van der Waals surface area contributed by atoms with Crippen LogP contribution in [0.25, 0.3) is 0 Å². The molecule has 1 rings (SSSR count). The minimum atomic E-state index is -0.958. The van der Waals surface area contributed by atoms with Crippen LogP contribution in [0.3, 0.4) is 0 Å². The maximum atomic E-state index is 11.8. The van der Waals surface area contributed by atoms with Crippen molar-refractivity contribution in [2.24, 2.45) is 23.5 Å². The summed E-state index contributed by atoms with van der Waals surface area (Å²) in [5.74, 6) is 0.301. The molecule has 0 aromatic rings. The number of carbonyl (C=O) groups excluding carboxylic acids is 2. The zero-order valence-corrected chi connectivity index (χ0v) is 14.1. The summed E-state index contributed by atoms with van der Waals surface area (Å²) < 4.78 is 6.11. The average Bonchev–Trinajstić information content (AvgIpc) is 2.39. The third kappa shape index (κ3) is 3.96. The van der Waals surface area contributed by atoms with Gasteiger partial charge < -0.3 is 15.8 Å². The summed E-state index contributed by atoms with van der Waals surface area (Å²) in [7, 11) is 0. The van der Waals surface area contributed by atoms with Crippen molar-refractivity contribution in [3.05, 3.63) is 0 Å². The minimum absolute atomic E-state index is 0.0699. The minimum Gasteiger partial charge on any atom is -0.367 e. The van der Waals surface area contributed by atoms with E-state index in [1.54, 1.807) is 6.92 Å². The Kier molecular flexibility index (Phi) is 5.79. The van der Waals surface area contributed by atoms with Crippen molar-refractivity contribution in [1.82, 2.24) is 5.32 Å². The van der Waals surface area contributed by atoms with Crippen LogP contribution >= 0.6 is 0 Å². The van der Waals surface area contributed by atoms with Crippen LogP contribution in [-0.4, -0.2) is 29.6 Å². The molecule has 5 heteroatoms. The number of nitrogens with one attached hydrogen (secondary N) is 1. The second kappa shape index (κ2) is 6.77. The van der Waals surface area contributed by atoms with Crippen molar-refractivity contribution in [3.8, 4) is 0 Å². The van der Waals surface area contributed by atoms with Gasteiger partial charge >= 0.3 is 0 Å². The number of hydrogen-bond acceptors (Lipinski definition) is 3. The van der Waals surface area contributed by atoms with Crippen LogP contribution in [-0.2, 0) is 14.3 Å². The molecule has 0 radical (unpaired) electrons. The summed E-state index contributed by atoms with van der Waals surface area (Å²) in [5.41, 5.74) is 4.57. The Morgan fingerprint density at radius 3 is 2.43 bits per heavy atom. The molecule has 0 aliphatic carbocycles. The largest absolute Gasteiger partial charge is 0.367 e. The Bertz CT molecular complexity index is 399. The molecule has 0 spiro atoms. The monoisotopic (exact) mass is 298 g/mol. The number of ether oxygens (including phenoxy) is 1. The highest BCUT2D eigenvalue weighted by Gasteiger charge is 2.48. The Morgan fingerprint density at radius 2 is 2.00 bits per heavy atom. The molecule has 5 unspecified atom stereocenters. The summed E-state index contributed by atoms with van der Waals surface area (Å²) in [6, 6.07) is -0.0843. The maximum absolute atomic E-state index is 11.8. The first kappa shape index (κ1) is 18.0. The lowest BCUT2D eigenvalue weighted by Gasteiger charge is -2.48. The lowest BCUT2D eigenvalue weighted by atomic mass is 9.75. The van der Waals surface area contributed by atoms with Crippen LogP contribution < -0.4 is 11.1 Å². The van der Waals surface area contributed by atoms with Crippen LogP contribution in [0.15, 0.2) is 0 Å². The van der Waals surface area contributed by atoms with Gasteiger partial charge in [0.1, 0.15) is 5.60 Å². The lowest BCUT2D eigenvalue weighted by molar-refractivity contribution is -0.184. The summed E-state index contributed by atoms with van der Waals surface area (Å²) in [5, 5.41) is 3.00. The molecular formula is C16H30N2O3. The van der Waals surface area contributed by atoms with Gasteiger partial charge in [-0.15, -0.1) is 0 Å². The molecule has 1 saturated heterocycles. The SMILES string of the molecule is CC[C@@H](C)C(C)C1OC(C)(C(N)=O)CC(C)C1NC(C)=O. The topological polar surface area (TPSA) is 81.4 Å². The average molecular weight is 298 g/mol. The second-order valence-electron chi connectivity index (χ2n) is 6.83. The zero-order chi connectivity index (χ0) is 16.4. The van der Waals surface area contributed by atoms with Gasteiger partial charge in [-0.3, -0.25) is 9.59 Å². The third-order valence-corrected chi connectivity index (χ3v) is 5.03. The van der Waals surface area contributed by atoms with Crippen LogP contribution in [0.1, 0.15) is 54.4 Å². The van der Waals surface area contributed by atoms with Gasteiger partial charge in [0.15, 0.2) is 0 Å². The number of nitrogens with two attached hydrogens (primary N) is 1. The molecule has 1 aliphatic rings. The van der Waals surface area contributed by atoms with Crippen LogP contribution in [0, 0.1) is 17.8 Å². The van der Waals surface area contributed by atoms with E-state index in [1.165, 1.54) is 6.92 Å². The fraction of sp³-hybridized carbons (Fsp3) is 0.875. The molecule has 2 amide bonds. The molecule has 1 fully saturated rings. The van der Waals surface area contributed by atoms with Gasteiger partial charge in [-0.1, -0.05) is 34.1 Å². The van der Waals surface area contributed by atoms with E-state index in [9.17, 15) is 9.59 Å². The van der Waals surface area contributed by atoms with Crippen molar-refractivity contribution in [2.45, 2.75) is 72.1 Å². The predicted octanol–water partition coefficient (Wildman–Crippen LogP) is 1.84. The van der Waals surface area contributed by atoms with E-state index in [4.69, 9.17) is 10.5 Å². The summed E-state index contributed by atoms with van der Waals surface area (Å²) >= 11 is 0. The van der Waals surface area contributed by atoms with Gasteiger partial charge in [0.2, 0.25) is 11.8 Å². The molecule has 21 heavy (non-hydrogen) atoms. The van der Waals surface area contributed by atoms with E-state index in [1.807, 2.05) is 6.92 Å². The van der Waals surface area contributed by atoms with Crippen LogP contribution in [0.2, 0.25) is 0 Å².